The standard InChI is InChI=1S/C36H40FN5O4/c1-24-4-2-6-30(40-24)22-38-28-8-10-29(11-9-28)41-35(44)34-20-27(37)21-39-36(34)46-32-7-3-5-25(19-32)33-13-12-31(43)18-26(33)23-42-14-16-45-17-15-42/h2-7,12-13,18-21,28-29,38,43H,8-11,14-17,22-23H2,1H3,(H,41,44). The molecule has 1 saturated carbocycles. The average Bonchev–Trinajstić information content (AvgIpc) is 3.06. The highest BCUT2D eigenvalue weighted by molar-refractivity contribution is 5.96. The minimum absolute atomic E-state index is 0.0264. The SMILES string of the molecule is Cc1cccc(CNC2CCC(NC(=O)c3cc(F)cnc3Oc3cccc(-c4ccc(O)cc4CN4CCOCC4)c3)CC2)n1. The molecule has 2 aliphatic rings. The summed E-state index contributed by atoms with van der Waals surface area (Å²) in [5.74, 6) is -0.317. The van der Waals surface area contributed by atoms with E-state index >= 15 is 0 Å². The van der Waals surface area contributed by atoms with Crippen molar-refractivity contribution in [1.29, 1.82) is 0 Å². The van der Waals surface area contributed by atoms with Crippen LogP contribution in [0, 0.1) is 12.7 Å². The van der Waals surface area contributed by atoms with Gasteiger partial charge in [0.1, 0.15) is 22.9 Å². The summed E-state index contributed by atoms with van der Waals surface area (Å²) in [5, 5.41) is 16.9. The number of carbonyl (C=O) groups excluding carboxylic acids is 1. The van der Waals surface area contributed by atoms with Gasteiger partial charge in [0.15, 0.2) is 0 Å². The number of benzene rings is 2. The van der Waals surface area contributed by atoms with Crippen LogP contribution in [0.25, 0.3) is 11.1 Å². The number of rotatable bonds is 10. The maximum absolute atomic E-state index is 14.3. The number of phenols is 1. The molecular formula is C36H40FN5O4. The van der Waals surface area contributed by atoms with E-state index in [1.54, 1.807) is 18.2 Å². The fourth-order valence-corrected chi connectivity index (χ4v) is 6.15. The van der Waals surface area contributed by atoms with Gasteiger partial charge in [0.25, 0.3) is 5.91 Å². The molecule has 10 heteroatoms. The third kappa shape index (κ3) is 8.25. The zero-order valence-corrected chi connectivity index (χ0v) is 26.0. The van der Waals surface area contributed by atoms with Gasteiger partial charge in [0, 0.05) is 44.0 Å². The molecule has 1 amide bonds. The molecule has 2 aromatic heterocycles. The molecule has 0 bridgehead atoms. The summed E-state index contributed by atoms with van der Waals surface area (Å²) >= 11 is 0. The molecule has 0 atom stereocenters. The van der Waals surface area contributed by atoms with Gasteiger partial charge in [0.05, 0.1) is 25.1 Å². The minimum atomic E-state index is -0.610. The number of carbonyl (C=O) groups is 1. The van der Waals surface area contributed by atoms with Crippen molar-refractivity contribution in [1.82, 2.24) is 25.5 Å². The van der Waals surface area contributed by atoms with Gasteiger partial charge in [-0.15, -0.1) is 0 Å². The fraction of sp³-hybridized carbons (Fsp3) is 0.361. The number of hydrogen-bond donors (Lipinski definition) is 3. The molecule has 3 heterocycles. The number of aromatic hydroxyl groups is 1. The average molecular weight is 626 g/mol. The van der Waals surface area contributed by atoms with Gasteiger partial charge in [-0.25, -0.2) is 9.37 Å². The van der Waals surface area contributed by atoms with Crippen molar-refractivity contribution in [3.05, 3.63) is 101 Å². The molecule has 0 spiro atoms. The number of hydrogen-bond acceptors (Lipinski definition) is 8. The highest BCUT2D eigenvalue weighted by Crippen LogP contribution is 2.33. The molecule has 2 fully saturated rings. The van der Waals surface area contributed by atoms with E-state index in [2.05, 4.69) is 25.5 Å². The number of aromatic nitrogens is 2. The molecule has 3 N–H and O–H groups in total. The van der Waals surface area contributed by atoms with Crippen molar-refractivity contribution in [3.63, 3.8) is 0 Å². The Morgan fingerprint density at radius 1 is 1.02 bits per heavy atom. The van der Waals surface area contributed by atoms with E-state index in [1.807, 2.05) is 49.4 Å². The Bertz CT molecular complexity index is 1650. The van der Waals surface area contributed by atoms with E-state index in [0.29, 0.717) is 38.1 Å². The summed E-state index contributed by atoms with van der Waals surface area (Å²) < 4.78 is 25.9. The molecule has 0 unspecified atom stereocenters. The van der Waals surface area contributed by atoms with Crippen molar-refractivity contribution < 1.29 is 23.8 Å². The van der Waals surface area contributed by atoms with Gasteiger partial charge < -0.3 is 25.2 Å². The fourth-order valence-electron chi connectivity index (χ4n) is 6.15. The maximum Gasteiger partial charge on any atom is 0.257 e. The molecule has 1 saturated heterocycles. The highest BCUT2D eigenvalue weighted by atomic mass is 19.1. The Morgan fingerprint density at radius 3 is 2.61 bits per heavy atom. The number of amides is 1. The van der Waals surface area contributed by atoms with Gasteiger partial charge in [0.2, 0.25) is 5.88 Å². The summed E-state index contributed by atoms with van der Waals surface area (Å²) in [6, 6.07) is 20.3. The molecule has 240 valence electrons. The second-order valence-corrected chi connectivity index (χ2v) is 12.0. The lowest BCUT2D eigenvalue weighted by Crippen LogP contribution is -2.42. The highest BCUT2D eigenvalue weighted by Gasteiger charge is 2.25. The van der Waals surface area contributed by atoms with Crippen LogP contribution in [0.4, 0.5) is 4.39 Å². The minimum Gasteiger partial charge on any atom is -0.508 e. The molecule has 1 aliphatic heterocycles. The predicted octanol–water partition coefficient (Wildman–Crippen LogP) is 5.75. The van der Waals surface area contributed by atoms with Gasteiger partial charge >= 0.3 is 0 Å². The summed E-state index contributed by atoms with van der Waals surface area (Å²) in [4.78, 5) is 24.4. The van der Waals surface area contributed by atoms with E-state index in [0.717, 1.165) is 73.0 Å². The monoisotopic (exact) mass is 625 g/mol. The summed E-state index contributed by atoms with van der Waals surface area (Å²) in [6.07, 6.45) is 4.50. The first-order valence-electron chi connectivity index (χ1n) is 15.9. The number of phenolic OH excluding ortho intramolecular Hbond substituents is 1. The largest absolute Gasteiger partial charge is 0.508 e. The molecule has 0 radical (unpaired) electrons. The Hall–Kier alpha value is -4.38. The van der Waals surface area contributed by atoms with Crippen molar-refractivity contribution in [2.75, 3.05) is 26.3 Å². The summed E-state index contributed by atoms with van der Waals surface area (Å²) in [6.45, 7) is 6.38. The third-order valence-corrected chi connectivity index (χ3v) is 8.59. The lowest BCUT2D eigenvalue weighted by molar-refractivity contribution is 0.0342. The third-order valence-electron chi connectivity index (χ3n) is 8.59. The van der Waals surface area contributed by atoms with Crippen LogP contribution in [0.2, 0.25) is 0 Å². The molecule has 6 rings (SSSR count). The molecular weight excluding hydrogens is 585 g/mol. The lowest BCUT2D eigenvalue weighted by Gasteiger charge is -2.30. The van der Waals surface area contributed by atoms with Crippen LogP contribution in [0.3, 0.4) is 0 Å². The van der Waals surface area contributed by atoms with E-state index in [-0.39, 0.29) is 23.2 Å². The zero-order valence-electron chi connectivity index (χ0n) is 26.0. The first-order chi connectivity index (χ1) is 22.4. The second-order valence-electron chi connectivity index (χ2n) is 12.0. The van der Waals surface area contributed by atoms with Gasteiger partial charge in [-0.1, -0.05) is 24.3 Å². The molecule has 1 aliphatic carbocycles. The number of morpholine rings is 1. The quantitative estimate of drug-likeness (QED) is 0.205. The molecule has 4 aromatic rings. The van der Waals surface area contributed by atoms with Crippen molar-refractivity contribution in [3.8, 4) is 28.5 Å². The number of ether oxygens (including phenoxy) is 2. The van der Waals surface area contributed by atoms with E-state index in [9.17, 15) is 14.3 Å². The number of halogens is 1. The first kappa shape index (κ1) is 31.6. The van der Waals surface area contributed by atoms with Crippen LogP contribution in [-0.2, 0) is 17.8 Å². The Kier molecular flexibility index (Phi) is 10.2. The Balaban J connectivity index is 1.10. The molecule has 46 heavy (non-hydrogen) atoms. The van der Waals surface area contributed by atoms with E-state index < -0.39 is 11.7 Å². The van der Waals surface area contributed by atoms with E-state index in [4.69, 9.17) is 9.47 Å². The second kappa shape index (κ2) is 14.8. The van der Waals surface area contributed by atoms with Crippen LogP contribution in [0.5, 0.6) is 17.4 Å². The number of pyridine rings is 2. The smallest absolute Gasteiger partial charge is 0.257 e. The zero-order chi connectivity index (χ0) is 31.9. The molecule has 2 aromatic carbocycles. The number of nitrogens with one attached hydrogen (secondary N) is 2. The van der Waals surface area contributed by atoms with Gasteiger partial charge in [-0.3, -0.25) is 14.7 Å². The topological polar surface area (TPSA) is 109 Å². The summed E-state index contributed by atoms with van der Waals surface area (Å²) in [5.41, 5.74) is 4.89. The van der Waals surface area contributed by atoms with Crippen LogP contribution in [-0.4, -0.2) is 64.3 Å². The predicted molar refractivity (Wildman–Crippen MR) is 173 cm³/mol. The van der Waals surface area contributed by atoms with Crippen molar-refractivity contribution >= 4 is 5.91 Å². The normalized spacial score (nSPS) is 18.7. The van der Waals surface area contributed by atoms with Crippen LogP contribution >= 0.6 is 0 Å². The Morgan fingerprint density at radius 2 is 1.80 bits per heavy atom. The number of nitrogens with zero attached hydrogens (tertiary/aromatic N) is 3. The maximum atomic E-state index is 14.3. The summed E-state index contributed by atoms with van der Waals surface area (Å²) in [7, 11) is 0. The van der Waals surface area contributed by atoms with E-state index in [1.165, 1.54) is 6.07 Å². The number of aryl methyl sites for hydroxylation is 1. The van der Waals surface area contributed by atoms with Crippen LogP contribution in [0.15, 0.2) is 72.9 Å². The van der Waals surface area contributed by atoms with Crippen molar-refractivity contribution in [2.45, 2.75) is 57.8 Å². The van der Waals surface area contributed by atoms with Crippen LogP contribution in [0.1, 0.15) is 53.0 Å². The van der Waals surface area contributed by atoms with Crippen LogP contribution < -0.4 is 15.4 Å². The van der Waals surface area contributed by atoms with Gasteiger partial charge in [-0.2, -0.15) is 0 Å². The van der Waals surface area contributed by atoms with Crippen molar-refractivity contribution in [2.24, 2.45) is 0 Å². The lowest BCUT2D eigenvalue weighted by atomic mass is 9.91. The van der Waals surface area contributed by atoms with Gasteiger partial charge in [-0.05, 0) is 91.8 Å². The Labute approximate surface area is 268 Å². The molecule has 9 nitrogen and oxygen atoms in total. The first-order valence-corrected chi connectivity index (χ1v) is 15.9.